The van der Waals surface area contributed by atoms with E-state index in [4.69, 9.17) is 9.57 Å². The van der Waals surface area contributed by atoms with Gasteiger partial charge in [0.2, 0.25) is 0 Å². The van der Waals surface area contributed by atoms with Gasteiger partial charge < -0.3 is 9.57 Å². The van der Waals surface area contributed by atoms with Crippen LogP contribution in [0.15, 0.2) is 65.8 Å². The summed E-state index contributed by atoms with van der Waals surface area (Å²) in [5.74, 6) is 0. The van der Waals surface area contributed by atoms with Crippen LogP contribution in [0.2, 0.25) is 0 Å². The Morgan fingerprint density at radius 1 is 1.00 bits per heavy atom. The number of amides is 1. The summed E-state index contributed by atoms with van der Waals surface area (Å²) in [5, 5.41) is 4.19. The highest BCUT2D eigenvalue weighted by molar-refractivity contribution is 6.03. The highest BCUT2D eigenvalue weighted by Crippen LogP contribution is 2.38. The number of oxime groups is 1. The molecule has 1 unspecified atom stereocenters. The van der Waals surface area contributed by atoms with Gasteiger partial charge in [0.25, 0.3) is 5.72 Å². The Labute approximate surface area is 127 Å². The third kappa shape index (κ3) is 1.94. The molecule has 1 amide bonds. The molecule has 0 aromatic heterocycles. The normalized spacial score (nSPS) is 23.4. The fourth-order valence-corrected chi connectivity index (χ4v) is 2.84. The van der Waals surface area contributed by atoms with E-state index in [0.717, 1.165) is 17.0 Å². The number of rotatable bonds is 2. The summed E-state index contributed by atoms with van der Waals surface area (Å²) in [5.41, 5.74) is 1.67. The zero-order valence-electron chi connectivity index (χ0n) is 11.8. The molecule has 2 aliphatic heterocycles. The molecule has 2 aromatic carbocycles. The molecule has 5 heteroatoms. The number of ether oxygens (including phenoxy) is 1. The number of benzene rings is 2. The molecule has 0 aliphatic carbocycles. The van der Waals surface area contributed by atoms with Crippen molar-refractivity contribution in [3.63, 3.8) is 0 Å². The predicted octanol–water partition coefficient (Wildman–Crippen LogP) is 3.16. The zero-order valence-corrected chi connectivity index (χ0v) is 11.8. The van der Waals surface area contributed by atoms with Gasteiger partial charge in [-0.3, -0.25) is 0 Å². The smallest absolute Gasteiger partial charge is 0.417 e. The number of carbonyl (C=O) groups excluding carboxylic acids is 1. The van der Waals surface area contributed by atoms with Crippen LogP contribution < -0.4 is 4.90 Å². The summed E-state index contributed by atoms with van der Waals surface area (Å²) >= 11 is 0. The van der Waals surface area contributed by atoms with Gasteiger partial charge >= 0.3 is 6.09 Å². The molecule has 0 saturated carbocycles. The van der Waals surface area contributed by atoms with Crippen LogP contribution in [-0.4, -0.2) is 24.1 Å². The molecule has 4 rings (SSSR count). The minimum Gasteiger partial charge on any atom is -0.443 e. The Morgan fingerprint density at radius 3 is 2.41 bits per heavy atom. The highest BCUT2D eigenvalue weighted by atomic mass is 16.7. The van der Waals surface area contributed by atoms with Crippen molar-refractivity contribution in [2.24, 2.45) is 5.16 Å². The number of para-hydroxylation sites is 1. The number of carbonyl (C=O) groups is 1. The van der Waals surface area contributed by atoms with E-state index in [-0.39, 0.29) is 6.61 Å². The summed E-state index contributed by atoms with van der Waals surface area (Å²) in [6.07, 6.45) is 0.0909. The molecule has 2 aliphatic rings. The summed E-state index contributed by atoms with van der Waals surface area (Å²) in [6, 6.07) is 19.2. The van der Waals surface area contributed by atoms with Gasteiger partial charge in [-0.15, -0.1) is 0 Å². The van der Waals surface area contributed by atoms with Crippen LogP contribution in [0.3, 0.4) is 0 Å². The maximum absolute atomic E-state index is 12.2. The first-order valence-corrected chi connectivity index (χ1v) is 7.11. The van der Waals surface area contributed by atoms with Crippen molar-refractivity contribution in [1.29, 1.82) is 0 Å². The fourth-order valence-electron chi connectivity index (χ4n) is 2.84. The van der Waals surface area contributed by atoms with Crippen molar-refractivity contribution in [3.8, 4) is 0 Å². The van der Waals surface area contributed by atoms with E-state index in [0.29, 0.717) is 6.42 Å². The maximum atomic E-state index is 12.2. The molecule has 0 N–H and O–H groups in total. The van der Waals surface area contributed by atoms with Crippen LogP contribution in [0.25, 0.3) is 0 Å². The number of hydrogen-bond acceptors (Lipinski definition) is 4. The maximum Gasteiger partial charge on any atom is 0.417 e. The van der Waals surface area contributed by atoms with Gasteiger partial charge in [0.05, 0.1) is 17.8 Å². The molecule has 1 atom stereocenters. The van der Waals surface area contributed by atoms with Crippen LogP contribution >= 0.6 is 0 Å². The van der Waals surface area contributed by atoms with Crippen molar-refractivity contribution in [1.82, 2.24) is 0 Å². The minimum absolute atomic E-state index is 0.167. The first-order chi connectivity index (χ1) is 10.8. The largest absolute Gasteiger partial charge is 0.443 e. The third-order valence-electron chi connectivity index (χ3n) is 3.90. The molecular weight excluding hydrogens is 280 g/mol. The Kier molecular flexibility index (Phi) is 2.85. The van der Waals surface area contributed by atoms with Crippen molar-refractivity contribution < 1.29 is 14.4 Å². The average molecular weight is 294 g/mol. The number of nitrogens with zero attached hydrogens (tertiary/aromatic N) is 2. The third-order valence-corrected chi connectivity index (χ3v) is 3.90. The topological polar surface area (TPSA) is 51.1 Å². The lowest BCUT2D eigenvalue weighted by Gasteiger charge is -2.28. The van der Waals surface area contributed by atoms with Gasteiger partial charge in [-0.25, -0.2) is 9.69 Å². The average Bonchev–Trinajstić information content (AvgIpc) is 3.14. The molecule has 2 heterocycles. The van der Waals surface area contributed by atoms with E-state index in [2.05, 4.69) is 5.16 Å². The Hall–Kier alpha value is -2.82. The van der Waals surface area contributed by atoms with E-state index in [1.165, 1.54) is 0 Å². The molecule has 2 aromatic rings. The summed E-state index contributed by atoms with van der Waals surface area (Å²) < 4.78 is 5.23. The van der Waals surface area contributed by atoms with E-state index >= 15 is 0 Å². The van der Waals surface area contributed by atoms with E-state index in [9.17, 15) is 4.79 Å². The Bertz CT molecular complexity index is 730. The Balaban J connectivity index is 1.66. The van der Waals surface area contributed by atoms with Gasteiger partial charge in [-0.2, -0.15) is 0 Å². The molecule has 0 bridgehead atoms. The molecule has 22 heavy (non-hydrogen) atoms. The summed E-state index contributed by atoms with van der Waals surface area (Å²) in [4.78, 5) is 19.4. The quantitative estimate of drug-likeness (QED) is 0.855. The monoisotopic (exact) mass is 294 g/mol. The standard InChI is InChI=1S/C17H14N2O3/c20-16-19(14-9-5-2-6-10-14)17(12-21-16)11-15(18-22-17)13-7-3-1-4-8-13/h1-10H,11-12H2. The van der Waals surface area contributed by atoms with Gasteiger partial charge in [-0.1, -0.05) is 53.7 Å². The second-order valence-electron chi connectivity index (χ2n) is 5.34. The molecule has 1 spiro atoms. The molecule has 5 nitrogen and oxygen atoms in total. The van der Waals surface area contributed by atoms with Crippen LogP contribution in [0.4, 0.5) is 10.5 Å². The SMILES string of the molecule is O=C1OCC2(CC(c3ccccc3)=NO2)N1c1ccccc1. The van der Waals surface area contributed by atoms with Crippen molar-refractivity contribution in [2.45, 2.75) is 12.1 Å². The first-order valence-electron chi connectivity index (χ1n) is 7.11. The lowest BCUT2D eigenvalue weighted by Crippen LogP contribution is -2.47. The molecule has 1 saturated heterocycles. The predicted molar refractivity (Wildman–Crippen MR) is 81.7 cm³/mol. The number of hydrogen-bond donors (Lipinski definition) is 0. The zero-order chi connectivity index (χ0) is 15.0. The molecular formula is C17H14N2O3. The minimum atomic E-state index is -0.885. The van der Waals surface area contributed by atoms with Gasteiger partial charge in [0.1, 0.15) is 0 Å². The summed E-state index contributed by atoms with van der Waals surface area (Å²) in [6.45, 7) is 0.167. The molecule has 0 radical (unpaired) electrons. The lowest BCUT2D eigenvalue weighted by atomic mass is 10.0. The van der Waals surface area contributed by atoms with Crippen LogP contribution in [0, 0.1) is 0 Å². The second kappa shape index (κ2) is 4.87. The fraction of sp³-hybridized carbons (Fsp3) is 0.176. The van der Waals surface area contributed by atoms with Crippen LogP contribution in [-0.2, 0) is 9.57 Å². The van der Waals surface area contributed by atoms with Gasteiger partial charge in [0, 0.05) is 0 Å². The Morgan fingerprint density at radius 2 is 1.68 bits per heavy atom. The van der Waals surface area contributed by atoms with Gasteiger partial charge in [-0.05, 0) is 17.7 Å². The number of cyclic esters (lactones) is 1. The van der Waals surface area contributed by atoms with Gasteiger partial charge in [0.15, 0.2) is 6.61 Å². The summed E-state index contributed by atoms with van der Waals surface area (Å²) in [7, 11) is 0. The second-order valence-corrected chi connectivity index (χ2v) is 5.34. The number of anilines is 1. The highest BCUT2D eigenvalue weighted by Gasteiger charge is 2.54. The lowest BCUT2D eigenvalue weighted by molar-refractivity contribution is -0.0215. The van der Waals surface area contributed by atoms with Crippen LogP contribution in [0.1, 0.15) is 12.0 Å². The first kappa shape index (κ1) is 12.9. The van der Waals surface area contributed by atoms with Crippen molar-refractivity contribution >= 4 is 17.5 Å². The van der Waals surface area contributed by atoms with Crippen LogP contribution in [0.5, 0.6) is 0 Å². The van der Waals surface area contributed by atoms with E-state index in [1.807, 2.05) is 60.7 Å². The van der Waals surface area contributed by atoms with Crippen molar-refractivity contribution in [2.75, 3.05) is 11.5 Å². The van der Waals surface area contributed by atoms with Crippen molar-refractivity contribution in [3.05, 3.63) is 66.2 Å². The molecule has 110 valence electrons. The molecule has 1 fully saturated rings. The van der Waals surface area contributed by atoms with E-state index < -0.39 is 11.8 Å². The van der Waals surface area contributed by atoms with E-state index in [1.54, 1.807) is 4.90 Å².